The lowest BCUT2D eigenvalue weighted by molar-refractivity contribution is 0.103. The second-order valence-electron chi connectivity index (χ2n) is 5.23. The predicted octanol–water partition coefficient (Wildman–Crippen LogP) is 3.23. The molecule has 5 nitrogen and oxygen atoms in total. The van der Waals surface area contributed by atoms with Crippen molar-refractivity contribution < 1.29 is 4.79 Å². The summed E-state index contributed by atoms with van der Waals surface area (Å²) in [4.78, 5) is 12.6. The molecule has 0 saturated carbocycles. The molecule has 4 N–H and O–H groups in total. The van der Waals surface area contributed by atoms with Crippen LogP contribution < -0.4 is 11.5 Å². The van der Waals surface area contributed by atoms with E-state index in [1.165, 1.54) is 4.68 Å². The molecule has 1 aromatic heterocycles. The average Bonchev–Trinajstić information content (AvgIpc) is 2.83. The number of ketones is 1. The van der Waals surface area contributed by atoms with E-state index in [-0.39, 0.29) is 23.0 Å². The minimum absolute atomic E-state index is 0.131. The number of benzene rings is 2. The van der Waals surface area contributed by atoms with Gasteiger partial charge in [-0.2, -0.15) is 5.10 Å². The Morgan fingerprint density at radius 3 is 2.48 bits per heavy atom. The van der Waals surface area contributed by atoms with E-state index in [9.17, 15) is 4.79 Å². The first-order chi connectivity index (χ1) is 11.0. The van der Waals surface area contributed by atoms with Gasteiger partial charge in [0.15, 0.2) is 11.5 Å². The molecule has 3 rings (SSSR count). The van der Waals surface area contributed by atoms with Crippen LogP contribution in [-0.2, 0) is 0 Å². The number of hydrogen-bond acceptors (Lipinski definition) is 4. The van der Waals surface area contributed by atoms with Crippen molar-refractivity contribution in [1.82, 2.24) is 9.78 Å². The van der Waals surface area contributed by atoms with E-state index in [1.54, 1.807) is 36.4 Å². The first-order valence-corrected chi connectivity index (χ1v) is 7.36. The average molecular weight is 327 g/mol. The van der Waals surface area contributed by atoms with E-state index >= 15 is 0 Å². The van der Waals surface area contributed by atoms with Gasteiger partial charge in [-0.25, -0.2) is 4.68 Å². The quantitative estimate of drug-likeness (QED) is 0.723. The Morgan fingerprint density at radius 1 is 1.13 bits per heavy atom. The van der Waals surface area contributed by atoms with Gasteiger partial charge in [-0.15, -0.1) is 0 Å². The summed E-state index contributed by atoms with van der Waals surface area (Å²) in [6.07, 6.45) is 0. The molecule has 0 bridgehead atoms. The molecule has 6 heteroatoms. The van der Waals surface area contributed by atoms with E-state index in [4.69, 9.17) is 23.1 Å². The van der Waals surface area contributed by atoms with E-state index in [0.29, 0.717) is 16.3 Å². The standard InChI is InChI=1S/C17H15ClN4O/c1-10-5-7-11(8-6-10)16(23)15-14(19)17(20)22(21-15)13-4-2-3-12(18)9-13/h2-9H,19-20H2,1H3. The zero-order valence-electron chi connectivity index (χ0n) is 12.5. The first kappa shape index (κ1) is 15.1. The van der Waals surface area contributed by atoms with Crippen LogP contribution in [0.1, 0.15) is 21.6 Å². The summed E-state index contributed by atoms with van der Waals surface area (Å²) in [6.45, 7) is 1.95. The Kier molecular flexibility index (Phi) is 3.80. The fourth-order valence-corrected chi connectivity index (χ4v) is 2.44. The smallest absolute Gasteiger partial charge is 0.215 e. The number of aryl methyl sites for hydroxylation is 1. The zero-order valence-corrected chi connectivity index (χ0v) is 13.2. The molecule has 0 aliphatic heterocycles. The molecule has 2 aromatic carbocycles. The molecular formula is C17H15ClN4O. The number of hydrogen-bond donors (Lipinski definition) is 2. The van der Waals surface area contributed by atoms with Crippen LogP contribution in [0.2, 0.25) is 5.02 Å². The van der Waals surface area contributed by atoms with Gasteiger partial charge in [-0.1, -0.05) is 47.5 Å². The maximum Gasteiger partial charge on any atom is 0.215 e. The molecule has 116 valence electrons. The molecular weight excluding hydrogens is 312 g/mol. The number of nitrogens with two attached hydrogens (primary N) is 2. The van der Waals surface area contributed by atoms with Gasteiger partial charge in [0, 0.05) is 10.6 Å². The number of nitrogens with zero attached hydrogens (tertiary/aromatic N) is 2. The van der Waals surface area contributed by atoms with Crippen LogP contribution in [0.25, 0.3) is 5.69 Å². The lowest BCUT2D eigenvalue weighted by atomic mass is 10.1. The number of carbonyl (C=O) groups is 1. The number of nitrogen functional groups attached to an aromatic ring is 2. The number of carbonyl (C=O) groups excluding carboxylic acids is 1. The van der Waals surface area contributed by atoms with Crippen molar-refractivity contribution in [2.24, 2.45) is 0 Å². The highest BCUT2D eigenvalue weighted by Gasteiger charge is 2.21. The third-order valence-corrected chi connectivity index (χ3v) is 3.78. The highest BCUT2D eigenvalue weighted by molar-refractivity contribution is 6.30. The Hall–Kier alpha value is -2.79. The summed E-state index contributed by atoms with van der Waals surface area (Å²) >= 11 is 5.99. The van der Waals surface area contributed by atoms with Crippen molar-refractivity contribution in [2.45, 2.75) is 6.92 Å². The molecule has 0 fully saturated rings. The fraction of sp³-hybridized carbons (Fsp3) is 0.0588. The molecule has 23 heavy (non-hydrogen) atoms. The molecule has 0 atom stereocenters. The van der Waals surface area contributed by atoms with Gasteiger partial charge < -0.3 is 11.5 Å². The number of aromatic nitrogens is 2. The summed E-state index contributed by atoms with van der Waals surface area (Å²) in [5.74, 6) is -0.0577. The third kappa shape index (κ3) is 2.78. The maximum absolute atomic E-state index is 12.6. The van der Waals surface area contributed by atoms with E-state index < -0.39 is 0 Å². The molecule has 0 saturated heterocycles. The Bertz CT molecular complexity index is 884. The molecule has 0 unspecified atom stereocenters. The summed E-state index contributed by atoms with van der Waals surface area (Å²) in [6, 6.07) is 14.2. The van der Waals surface area contributed by atoms with Crippen molar-refractivity contribution in [3.8, 4) is 5.69 Å². The number of anilines is 2. The van der Waals surface area contributed by atoms with Crippen molar-refractivity contribution in [2.75, 3.05) is 11.5 Å². The number of rotatable bonds is 3. The van der Waals surface area contributed by atoms with Crippen LogP contribution in [0.15, 0.2) is 48.5 Å². The zero-order chi connectivity index (χ0) is 16.6. The topological polar surface area (TPSA) is 86.9 Å². The monoisotopic (exact) mass is 326 g/mol. The van der Waals surface area contributed by atoms with Gasteiger partial charge in [0.1, 0.15) is 5.69 Å². The summed E-state index contributed by atoms with van der Waals surface area (Å²) in [5.41, 5.74) is 14.5. The van der Waals surface area contributed by atoms with Gasteiger partial charge in [-0.3, -0.25) is 4.79 Å². The van der Waals surface area contributed by atoms with Crippen LogP contribution in [0.4, 0.5) is 11.5 Å². The van der Waals surface area contributed by atoms with E-state index in [0.717, 1.165) is 5.56 Å². The molecule has 0 radical (unpaired) electrons. The normalized spacial score (nSPS) is 10.7. The molecule has 0 aliphatic carbocycles. The lowest BCUT2D eigenvalue weighted by Gasteiger charge is -2.03. The minimum atomic E-state index is -0.269. The third-order valence-electron chi connectivity index (χ3n) is 3.54. The minimum Gasteiger partial charge on any atom is -0.394 e. The number of halogens is 1. The van der Waals surface area contributed by atoms with Gasteiger partial charge >= 0.3 is 0 Å². The fourth-order valence-electron chi connectivity index (χ4n) is 2.26. The van der Waals surface area contributed by atoms with Crippen LogP contribution in [0, 0.1) is 6.92 Å². The highest BCUT2D eigenvalue weighted by Crippen LogP contribution is 2.26. The van der Waals surface area contributed by atoms with E-state index in [2.05, 4.69) is 5.10 Å². The SMILES string of the molecule is Cc1ccc(C(=O)c2nn(-c3cccc(Cl)c3)c(N)c2N)cc1. The predicted molar refractivity (Wildman–Crippen MR) is 92.0 cm³/mol. The molecule has 0 aliphatic rings. The molecule has 0 spiro atoms. The Balaban J connectivity index is 2.06. The highest BCUT2D eigenvalue weighted by atomic mass is 35.5. The van der Waals surface area contributed by atoms with Crippen LogP contribution in [-0.4, -0.2) is 15.6 Å². The summed E-state index contributed by atoms with van der Waals surface area (Å²) in [5, 5.41) is 4.82. The lowest BCUT2D eigenvalue weighted by Crippen LogP contribution is -2.06. The van der Waals surface area contributed by atoms with Gasteiger partial charge in [0.25, 0.3) is 0 Å². The van der Waals surface area contributed by atoms with Crippen LogP contribution in [0.3, 0.4) is 0 Å². The molecule has 1 heterocycles. The van der Waals surface area contributed by atoms with Gasteiger partial charge in [0.05, 0.1) is 5.69 Å². The van der Waals surface area contributed by atoms with Crippen molar-refractivity contribution in [1.29, 1.82) is 0 Å². The Labute approximate surface area is 138 Å². The first-order valence-electron chi connectivity index (χ1n) is 6.98. The van der Waals surface area contributed by atoms with Gasteiger partial charge in [-0.05, 0) is 25.1 Å². The van der Waals surface area contributed by atoms with Crippen LogP contribution >= 0.6 is 11.6 Å². The maximum atomic E-state index is 12.6. The van der Waals surface area contributed by atoms with Crippen molar-refractivity contribution >= 4 is 28.9 Å². The Morgan fingerprint density at radius 2 is 1.83 bits per heavy atom. The van der Waals surface area contributed by atoms with E-state index in [1.807, 2.05) is 19.1 Å². The van der Waals surface area contributed by atoms with Gasteiger partial charge in [0.2, 0.25) is 5.78 Å². The molecule has 0 amide bonds. The molecule has 3 aromatic rings. The second kappa shape index (κ2) is 5.78. The largest absolute Gasteiger partial charge is 0.394 e. The summed E-state index contributed by atoms with van der Waals surface area (Å²) in [7, 11) is 0. The van der Waals surface area contributed by atoms with Crippen molar-refractivity contribution in [3.05, 3.63) is 70.4 Å². The van der Waals surface area contributed by atoms with Crippen molar-refractivity contribution in [3.63, 3.8) is 0 Å². The van der Waals surface area contributed by atoms with Crippen LogP contribution in [0.5, 0.6) is 0 Å². The summed E-state index contributed by atoms with van der Waals surface area (Å²) < 4.78 is 1.42. The second-order valence-corrected chi connectivity index (χ2v) is 5.67.